The summed E-state index contributed by atoms with van der Waals surface area (Å²) in [6.45, 7) is 4.69. The van der Waals surface area contributed by atoms with Crippen LogP contribution in [0.15, 0.2) is 24.7 Å². The number of rotatable bonds is 6. The van der Waals surface area contributed by atoms with E-state index in [-0.39, 0.29) is 11.9 Å². The molecule has 112 valence electrons. The van der Waals surface area contributed by atoms with Crippen LogP contribution in [0.3, 0.4) is 0 Å². The average Bonchev–Trinajstić information content (AvgIpc) is 3.00. The number of methoxy groups -OCH3 is 1. The zero-order valence-electron chi connectivity index (χ0n) is 12.4. The van der Waals surface area contributed by atoms with Gasteiger partial charge in [0.15, 0.2) is 0 Å². The molecule has 0 unspecified atom stereocenters. The first-order valence-electron chi connectivity index (χ1n) is 6.88. The van der Waals surface area contributed by atoms with Gasteiger partial charge in [-0.05, 0) is 19.4 Å². The molecular formula is C14H19N5O2. The molecule has 1 atom stereocenters. The topological polar surface area (TPSA) is 81.9 Å². The first kappa shape index (κ1) is 15.0. The van der Waals surface area contributed by atoms with Gasteiger partial charge in [0.2, 0.25) is 5.88 Å². The fourth-order valence-corrected chi connectivity index (χ4v) is 2.04. The fraction of sp³-hybridized carbons (Fsp3) is 0.429. The van der Waals surface area contributed by atoms with Gasteiger partial charge in [0.25, 0.3) is 5.91 Å². The van der Waals surface area contributed by atoms with Crippen molar-refractivity contribution in [2.45, 2.75) is 32.9 Å². The standard InChI is InChI=1S/C14H19N5O2/c1-4-11(13-16-9-17-19(13)5-2)18-14(20)10-6-7-15-12(8-10)21-3/h6-9,11H,4-5H2,1-3H3,(H,18,20)/t11-/m0/s1. The van der Waals surface area contributed by atoms with Crippen LogP contribution in [0.2, 0.25) is 0 Å². The Morgan fingerprint density at radius 1 is 1.43 bits per heavy atom. The smallest absolute Gasteiger partial charge is 0.252 e. The minimum Gasteiger partial charge on any atom is -0.481 e. The van der Waals surface area contributed by atoms with E-state index in [2.05, 4.69) is 20.4 Å². The van der Waals surface area contributed by atoms with E-state index in [9.17, 15) is 4.79 Å². The lowest BCUT2D eigenvalue weighted by Crippen LogP contribution is -2.30. The molecule has 0 aliphatic carbocycles. The lowest BCUT2D eigenvalue weighted by Gasteiger charge is -2.17. The molecule has 0 spiro atoms. The summed E-state index contributed by atoms with van der Waals surface area (Å²) in [5.41, 5.74) is 0.503. The number of carbonyl (C=O) groups excluding carboxylic acids is 1. The number of nitrogens with one attached hydrogen (secondary N) is 1. The number of nitrogens with zero attached hydrogens (tertiary/aromatic N) is 4. The van der Waals surface area contributed by atoms with Crippen molar-refractivity contribution in [2.24, 2.45) is 0 Å². The van der Waals surface area contributed by atoms with E-state index < -0.39 is 0 Å². The SMILES string of the molecule is CC[C@H](NC(=O)c1ccnc(OC)c1)c1ncnn1CC. The highest BCUT2D eigenvalue weighted by Crippen LogP contribution is 2.15. The van der Waals surface area contributed by atoms with Crippen molar-refractivity contribution in [3.63, 3.8) is 0 Å². The zero-order valence-corrected chi connectivity index (χ0v) is 12.4. The normalized spacial score (nSPS) is 12.0. The van der Waals surface area contributed by atoms with Crippen LogP contribution < -0.4 is 10.1 Å². The van der Waals surface area contributed by atoms with Gasteiger partial charge in [0.05, 0.1) is 13.2 Å². The molecule has 0 saturated heterocycles. The second-order valence-corrected chi connectivity index (χ2v) is 4.46. The maximum absolute atomic E-state index is 12.3. The van der Waals surface area contributed by atoms with Crippen molar-refractivity contribution in [3.05, 3.63) is 36.0 Å². The highest BCUT2D eigenvalue weighted by molar-refractivity contribution is 5.94. The van der Waals surface area contributed by atoms with Crippen molar-refractivity contribution < 1.29 is 9.53 Å². The second kappa shape index (κ2) is 6.83. The van der Waals surface area contributed by atoms with E-state index in [1.165, 1.54) is 13.4 Å². The van der Waals surface area contributed by atoms with Gasteiger partial charge < -0.3 is 10.1 Å². The number of ether oxygens (including phenoxy) is 1. The maximum atomic E-state index is 12.3. The fourth-order valence-electron chi connectivity index (χ4n) is 2.04. The van der Waals surface area contributed by atoms with Crippen LogP contribution in [0.25, 0.3) is 0 Å². The average molecular weight is 289 g/mol. The van der Waals surface area contributed by atoms with Gasteiger partial charge in [-0.25, -0.2) is 14.6 Å². The maximum Gasteiger partial charge on any atom is 0.252 e. The summed E-state index contributed by atoms with van der Waals surface area (Å²) in [5, 5.41) is 7.10. The monoisotopic (exact) mass is 289 g/mol. The van der Waals surface area contributed by atoms with Crippen molar-refractivity contribution in [1.82, 2.24) is 25.1 Å². The van der Waals surface area contributed by atoms with Crippen molar-refractivity contribution in [3.8, 4) is 5.88 Å². The first-order chi connectivity index (χ1) is 10.2. The van der Waals surface area contributed by atoms with Gasteiger partial charge >= 0.3 is 0 Å². The Morgan fingerprint density at radius 2 is 2.24 bits per heavy atom. The third-order valence-corrected chi connectivity index (χ3v) is 3.18. The summed E-state index contributed by atoms with van der Waals surface area (Å²) in [5.74, 6) is 0.981. The predicted octanol–water partition coefficient (Wildman–Crippen LogP) is 1.58. The van der Waals surface area contributed by atoms with E-state index in [0.717, 1.165) is 12.2 Å². The molecule has 2 aromatic heterocycles. The Hall–Kier alpha value is -2.44. The lowest BCUT2D eigenvalue weighted by atomic mass is 10.1. The van der Waals surface area contributed by atoms with Gasteiger partial charge in [-0.1, -0.05) is 6.92 Å². The molecule has 2 heterocycles. The van der Waals surface area contributed by atoms with Crippen molar-refractivity contribution in [1.29, 1.82) is 0 Å². The molecule has 0 aliphatic heterocycles. The summed E-state index contributed by atoms with van der Waals surface area (Å²) < 4.78 is 6.81. The molecule has 2 aromatic rings. The molecule has 1 N–H and O–H groups in total. The number of hydrogen-bond acceptors (Lipinski definition) is 5. The highest BCUT2D eigenvalue weighted by atomic mass is 16.5. The molecular weight excluding hydrogens is 270 g/mol. The van der Waals surface area contributed by atoms with E-state index in [1.807, 2.05) is 13.8 Å². The Bertz CT molecular complexity index is 611. The first-order valence-corrected chi connectivity index (χ1v) is 6.88. The van der Waals surface area contributed by atoms with Gasteiger partial charge in [-0.3, -0.25) is 4.79 Å². The Kier molecular flexibility index (Phi) is 4.86. The van der Waals surface area contributed by atoms with Gasteiger partial charge in [0.1, 0.15) is 12.2 Å². The van der Waals surface area contributed by atoms with Crippen LogP contribution in [-0.2, 0) is 6.54 Å². The van der Waals surface area contributed by atoms with Crippen LogP contribution in [0, 0.1) is 0 Å². The molecule has 0 aromatic carbocycles. The van der Waals surface area contributed by atoms with E-state index in [0.29, 0.717) is 18.0 Å². The third-order valence-electron chi connectivity index (χ3n) is 3.18. The largest absolute Gasteiger partial charge is 0.481 e. The number of aryl methyl sites for hydroxylation is 1. The molecule has 7 heteroatoms. The summed E-state index contributed by atoms with van der Waals surface area (Å²) in [6, 6.07) is 3.07. The summed E-state index contributed by atoms with van der Waals surface area (Å²) in [4.78, 5) is 20.6. The molecule has 0 radical (unpaired) electrons. The van der Waals surface area contributed by atoms with Crippen LogP contribution >= 0.6 is 0 Å². The highest BCUT2D eigenvalue weighted by Gasteiger charge is 2.19. The minimum absolute atomic E-state index is 0.181. The van der Waals surface area contributed by atoms with Crippen LogP contribution in [0.5, 0.6) is 5.88 Å². The number of amides is 1. The summed E-state index contributed by atoms with van der Waals surface area (Å²) >= 11 is 0. The molecule has 21 heavy (non-hydrogen) atoms. The predicted molar refractivity (Wildman–Crippen MR) is 77.0 cm³/mol. The molecule has 0 bridgehead atoms. The van der Waals surface area contributed by atoms with E-state index in [4.69, 9.17) is 4.74 Å². The summed E-state index contributed by atoms with van der Waals surface area (Å²) in [6.07, 6.45) is 3.78. The quantitative estimate of drug-likeness (QED) is 0.873. The molecule has 2 rings (SSSR count). The van der Waals surface area contributed by atoms with Gasteiger partial charge in [0, 0.05) is 24.4 Å². The van der Waals surface area contributed by atoms with Crippen molar-refractivity contribution in [2.75, 3.05) is 7.11 Å². The third kappa shape index (κ3) is 3.36. The Labute approximate surface area is 123 Å². The van der Waals surface area contributed by atoms with Crippen LogP contribution in [-0.4, -0.2) is 32.8 Å². The number of carbonyl (C=O) groups is 1. The zero-order chi connectivity index (χ0) is 15.2. The molecule has 0 aliphatic rings. The van der Waals surface area contributed by atoms with Crippen LogP contribution in [0.1, 0.15) is 42.5 Å². The van der Waals surface area contributed by atoms with Crippen LogP contribution in [0.4, 0.5) is 0 Å². The summed E-state index contributed by atoms with van der Waals surface area (Å²) in [7, 11) is 1.52. The molecule has 0 saturated carbocycles. The Balaban J connectivity index is 2.16. The number of hydrogen-bond donors (Lipinski definition) is 1. The van der Waals surface area contributed by atoms with Gasteiger partial charge in [-0.15, -0.1) is 0 Å². The number of aromatic nitrogens is 4. The Morgan fingerprint density at radius 3 is 2.90 bits per heavy atom. The number of pyridine rings is 1. The lowest BCUT2D eigenvalue weighted by molar-refractivity contribution is 0.0932. The molecule has 1 amide bonds. The van der Waals surface area contributed by atoms with E-state index >= 15 is 0 Å². The molecule has 7 nitrogen and oxygen atoms in total. The molecule has 0 fully saturated rings. The van der Waals surface area contributed by atoms with Crippen molar-refractivity contribution >= 4 is 5.91 Å². The van der Waals surface area contributed by atoms with Gasteiger partial charge in [-0.2, -0.15) is 5.10 Å². The van der Waals surface area contributed by atoms with E-state index in [1.54, 1.807) is 23.0 Å². The minimum atomic E-state index is -0.187. The second-order valence-electron chi connectivity index (χ2n) is 4.46.